The van der Waals surface area contributed by atoms with E-state index in [0.29, 0.717) is 39.8 Å². The number of aromatic amines is 1. The summed E-state index contributed by atoms with van der Waals surface area (Å²) in [5.41, 5.74) is 3.96. The number of hydrogen-bond donors (Lipinski definition) is 2. The molecule has 168 valence electrons. The number of ether oxygens (including phenoxy) is 2. The van der Waals surface area contributed by atoms with Crippen LogP contribution in [0.15, 0.2) is 59.2 Å². The second kappa shape index (κ2) is 8.05. The summed E-state index contributed by atoms with van der Waals surface area (Å²) in [5, 5.41) is 17.9. The SMILES string of the molecule is COc1ccc(C2c3c(-c4cc(C)ccc4O)n[nH]c3C(=O)N2Cc2ccco2)cc1OC. The molecular weight excluding hydrogens is 422 g/mol. The van der Waals surface area contributed by atoms with Gasteiger partial charge in [0.15, 0.2) is 11.5 Å². The van der Waals surface area contributed by atoms with Crippen LogP contribution in [0.5, 0.6) is 17.2 Å². The molecule has 1 aliphatic rings. The van der Waals surface area contributed by atoms with Gasteiger partial charge in [-0.25, -0.2) is 0 Å². The fraction of sp³-hybridized carbons (Fsp3) is 0.200. The fourth-order valence-corrected chi connectivity index (χ4v) is 4.34. The normalized spacial score (nSPS) is 15.1. The molecule has 0 fully saturated rings. The number of nitrogens with one attached hydrogen (secondary N) is 1. The van der Waals surface area contributed by atoms with Gasteiger partial charge in [0, 0.05) is 11.1 Å². The van der Waals surface area contributed by atoms with Crippen LogP contribution in [0.4, 0.5) is 0 Å². The molecule has 0 saturated heterocycles. The van der Waals surface area contributed by atoms with Gasteiger partial charge in [0.2, 0.25) is 0 Å². The van der Waals surface area contributed by atoms with Crippen LogP contribution in [0.3, 0.4) is 0 Å². The molecule has 8 heteroatoms. The lowest BCUT2D eigenvalue weighted by molar-refractivity contribution is 0.0717. The van der Waals surface area contributed by atoms with Crippen molar-refractivity contribution in [2.75, 3.05) is 14.2 Å². The van der Waals surface area contributed by atoms with E-state index < -0.39 is 6.04 Å². The van der Waals surface area contributed by atoms with Crippen molar-refractivity contribution in [1.29, 1.82) is 0 Å². The Hall–Kier alpha value is -4.20. The van der Waals surface area contributed by atoms with E-state index in [1.165, 1.54) is 0 Å². The first kappa shape index (κ1) is 20.7. The number of H-pyrrole nitrogens is 1. The van der Waals surface area contributed by atoms with Crippen LogP contribution in [0.25, 0.3) is 11.3 Å². The van der Waals surface area contributed by atoms with Crippen LogP contribution < -0.4 is 9.47 Å². The van der Waals surface area contributed by atoms with Crippen LogP contribution in [0.1, 0.15) is 39.0 Å². The standard InChI is InChI=1S/C25H23N3O5/c1-14-6-8-18(29)17(11-14)22-21-23(27-26-22)25(30)28(13-16-5-4-10-33-16)24(21)15-7-9-19(31-2)20(12-15)32-3/h4-12,24,29H,13H2,1-3H3,(H,26,27). The van der Waals surface area contributed by atoms with Gasteiger partial charge in [0.1, 0.15) is 22.9 Å². The molecule has 1 amide bonds. The van der Waals surface area contributed by atoms with Gasteiger partial charge < -0.3 is 23.9 Å². The molecule has 2 N–H and O–H groups in total. The van der Waals surface area contributed by atoms with E-state index in [1.807, 2.05) is 43.3 Å². The number of furan rings is 1. The molecule has 1 atom stereocenters. The molecule has 4 aromatic rings. The minimum absolute atomic E-state index is 0.0953. The number of aromatic nitrogens is 2. The molecule has 0 radical (unpaired) electrons. The minimum Gasteiger partial charge on any atom is -0.507 e. The van der Waals surface area contributed by atoms with Gasteiger partial charge in [0.25, 0.3) is 5.91 Å². The Kier molecular flexibility index (Phi) is 5.05. The number of phenols is 1. The highest BCUT2D eigenvalue weighted by atomic mass is 16.5. The van der Waals surface area contributed by atoms with Crippen molar-refractivity contribution >= 4 is 5.91 Å². The number of fused-ring (bicyclic) bond motifs is 1. The molecule has 8 nitrogen and oxygen atoms in total. The molecule has 2 aromatic heterocycles. The highest BCUT2D eigenvalue weighted by Gasteiger charge is 2.43. The van der Waals surface area contributed by atoms with Crippen molar-refractivity contribution < 1.29 is 23.8 Å². The number of benzene rings is 2. The number of hydrogen-bond acceptors (Lipinski definition) is 6. The summed E-state index contributed by atoms with van der Waals surface area (Å²) in [6, 6.07) is 14.0. The zero-order chi connectivity index (χ0) is 23.1. The van der Waals surface area contributed by atoms with Crippen molar-refractivity contribution in [2.24, 2.45) is 0 Å². The van der Waals surface area contributed by atoms with Crippen LogP contribution in [-0.2, 0) is 6.54 Å². The lowest BCUT2D eigenvalue weighted by Crippen LogP contribution is -2.29. The number of phenolic OH excluding ortho intramolecular Hbond substituents is 1. The third kappa shape index (κ3) is 3.40. The number of carbonyl (C=O) groups is 1. The quantitative estimate of drug-likeness (QED) is 0.455. The summed E-state index contributed by atoms with van der Waals surface area (Å²) in [4.78, 5) is 15.2. The summed E-state index contributed by atoms with van der Waals surface area (Å²) in [6.45, 7) is 2.21. The van der Waals surface area contributed by atoms with Crippen molar-refractivity contribution in [2.45, 2.75) is 19.5 Å². The molecule has 2 aromatic carbocycles. The molecule has 1 aliphatic heterocycles. The number of aryl methyl sites for hydroxylation is 1. The fourth-order valence-electron chi connectivity index (χ4n) is 4.34. The number of amides is 1. The third-order valence-electron chi connectivity index (χ3n) is 5.90. The number of methoxy groups -OCH3 is 2. The van der Waals surface area contributed by atoms with Crippen molar-refractivity contribution in [3.63, 3.8) is 0 Å². The Labute approximate surface area is 190 Å². The van der Waals surface area contributed by atoms with E-state index in [1.54, 1.807) is 37.5 Å². The Morgan fingerprint density at radius 1 is 1.12 bits per heavy atom. The smallest absolute Gasteiger partial charge is 0.273 e. The number of carbonyl (C=O) groups excluding carboxylic acids is 1. The molecule has 1 unspecified atom stereocenters. The molecule has 0 saturated carbocycles. The summed E-state index contributed by atoms with van der Waals surface area (Å²) in [6.07, 6.45) is 1.58. The predicted molar refractivity (Wildman–Crippen MR) is 120 cm³/mol. The second-order valence-corrected chi connectivity index (χ2v) is 7.91. The van der Waals surface area contributed by atoms with E-state index in [4.69, 9.17) is 13.9 Å². The summed E-state index contributed by atoms with van der Waals surface area (Å²) < 4.78 is 16.4. The first-order valence-electron chi connectivity index (χ1n) is 10.4. The third-order valence-corrected chi connectivity index (χ3v) is 5.90. The monoisotopic (exact) mass is 445 g/mol. The summed E-state index contributed by atoms with van der Waals surface area (Å²) >= 11 is 0. The van der Waals surface area contributed by atoms with Crippen molar-refractivity contribution in [3.05, 3.63) is 82.9 Å². The Morgan fingerprint density at radius 2 is 1.94 bits per heavy atom. The van der Waals surface area contributed by atoms with E-state index in [9.17, 15) is 9.90 Å². The Bertz CT molecular complexity index is 1330. The van der Waals surface area contributed by atoms with Gasteiger partial charge in [-0.05, 0) is 48.9 Å². The highest BCUT2D eigenvalue weighted by molar-refractivity contribution is 6.00. The topological polar surface area (TPSA) is 101 Å². The molecule has 5 rings (SSSR count). The minimum atomic E-state index is -0.480. The van der Waals surface area contributed by atoms with Gasteiger partial charge in [-0.1, -0.05) is 17.7 Å². The number of rotatable bonds is 6. The summed E-state index contributed by atoms with van der Waals surface area (Å²) in [7, 11) is 3.15. The van der Waals surface area contributed by atoms with Crippen LogP contribution in [-0.4, -0.2) is 40.3 Å². The first-order valence-corrected chi connectivity index (χ1v) is 10.4. The Balaban J connectivity index is 1.70. The number of aromatic hydroxyl groups is 1. The largest absolute Gasteiger partial charge is 0.507 e. The van der Waals surface area contributed by atoms with Gasteiger partial charge in [-0.15, -0.1) is 0 Å². The van der Waals surface area contributed by atoms with E-state index >= 15 is 0 Å². The maximum Gasteiger partial charge on any atom is 0.273 e. The average Bonchev–Trinajstić information content (AvgIpc) is 3.55. The van der Waals surface area contributed by atoms with E-state index in [0.717, 1.165) is 11.1 Å². The molecule has 0 spiro atoms. The summed E-state index contributed by atoms with van der Waals surface area (Å²) in [5.74, 6) is 1.70. The molecule has 0 aliphatic carbocycles. The van der Waals surface area contributed by atoms with Crippen molar-refractivity contribution in [1.82, 2.24) is 15.1 Å². The van der Waals surface area contributed by atoms with Gasteiger partial charge in [-0.3, -0.25) is 9.89 Å². The van der Waals surface area contributed by atoms with Gasteiger partial charge >= 0.3 is 0 Å². The van der Waals surface area contributed by atoms with Crippen LogP contribution in [0.2, 0.25) is 0 Å². The maximum absolute atomic E-state index is 13.5. The lowest BCUT2D eigenvalue weighted by atomic mass is 9.94. The Morgan fingerprint density at radius 3 is 2.67 bits per heavy atom. The highest BCUT2D eigenvalue weighted by Crippen LogP contribution is 2.46. The van der Waals surface area contributed by atoms with Gasteiger partial charge in [-0.2, -0.15) is 5.10 Å². The lowest BCUT2D eigenvalue weighted by Gasteiger charge is -2.26. The van der Waals surface area contributed by atoms with Crippen molar-refractivity contribution in [3.8, 4) is 28.5 Å². The van der Waals surface area contributed by atoms with E-state index in [-0.39, 0.29) is 18.2 Å². The molecular formula is C25H23N3O5. The van der Waals surface area contributed by atoms with Crippen LogP contribution in [0, 0.1) is 6.92 Å². The number of nitrogens with zero attached hydrogens (tertiary/aromatic N) is 2. The molecule has 0 bridgehead atoms. The van der Waals surface area contributed by atoms with Gasteiger partial charge in [0.05, 0.1) is 33.1 Å². The maximum atomic E-state index is 13.5. The molecule has 33 heavy (non-hydrogen) atoms. The first-order chi connectivity index (χ1) is 16.0. The second-order valence-electron chi connectivity index (χ2n) is 7.91. The zero-order valence-corrected chi connectivity index (χ0v) is 18.5. The zero-order valence-electron chi connectivity index (χ0n) is 18.5. The predicted octanol–water partition coefficient (Wildman–Crippen LogP) is 4.45. The van der Waals surface area contributed by atoms with E-state index in [2.05, 4.69) is 10.2 Å². The molecule has 3 heterocycles. The average molecular weight is 445 g/mol. The van der Waals surface area contributed by atoms with Crippen LogP contribution >= 0.6 is 0 Å².